The van der Waals surface area contributed by atoms with Gasteiger partial charge in [0.15, 0.2) is 0 Å². The van der Waals surface area contributed by atoms with Gasteiger partial charge in [0.05, 0.1) is 18.2 Å². The average molecular weight is 302 g/mol. The highest BCUT2D eigenvalue weighted by molar-refractivity contribution is 5.89. The van der Waals surface area contributed by atoms with Gasteiger partial charge in [-0.15, -0.1) is 0 Å². The number of aliphatic hydroxyl groups is 1. The second-order valence-electron chi connectivity index (χ2n) is 5.64. The van der Waals surface area contributed by atoms with Crippen molar-refractivity contribution < 1.29 is 9.84 Å². The molecule has 6 nitrogen and oxygen atoms in total. The van der Waals surface area contributed by atoms with Crippen molar-refractivity contribution in [3.63, 3.8) is 0 Å². The van der Waals surface area contributed by atoms with E-state index in [0.717, 1.165) is 36.1 Å². The van der Waals surface area contributed by atoms with E-state index in [9.17, 15) is 0 Å². The Kier molecular flexibility index (Phi) is 4.70. The molecule has 1 heterocycles. The zero-order valence-electron chi connectivity index (χ0n) is 12.7. The fourth-order valence-corrected chi connectivity index (χ4v) is 2.73. The number of fused-ring (bicyclic) bond motifs is 1. The molecular formula is C16H22N4O2. The minimum atomic E-state index is 0.0710. The van der Waals surface area contributed by atoms with E-state index in [2.05, 4.69) is 20.6 Å². The van der Waals surface area contributed by atoms with Gasteiger partial charge in [-0.3, -0.25) is 0 Å². The van der Waals surface area contributed by atoms with E-state index in [1.54, 1.807) is 7.11 Å². The summed E-state index contributed by atoms with van der Waals surface area (Å²) in [5.41, 5.74) is 0.892. The van der Waals surface area contributed by atoms with Crippen LogP contribution < -0.4 is 10.6 Å². The predicted molar refractivity (Wildman–Crippen MR) is 87.1 cm³/mol. The highest BCUT2D eigenvalue weighted by Gasteiger charge is 2.28. The number of nitrogens with zero attached hydrogens (tertiary/aromatic N) is 2. The van der Waals surface area contributed by atoms with Crippen LogP contribution in [-0.2, 0) is 4.74 Å². The lowest BCUT2D eigenvalue weighted by Crippen LogP contribution is -2.34. The number of hydrogen-bond donors (Lipinski definition) is 3. The van der Waals surface area contributed by atoms with Crippen LogP contribution in [0, 0.1) is 5.92 Å². The quantitative estimate of drug-likeness (QED) is 0.724. The molecule has 22 heavy (non-hydrogen) atoms. The lowest BCUT2D eigenvalue weighted by atomic mass is 9.82. The molecule has 1 aromatic heterocycles. The molecule has 3 N–H and O–H groups in total. The highest BCUT2D eigenvalue weighted by atomic mass is 16.5. The summed E-state index contributed by atoms with van der Waals surface area (Å²) in [5, 5.41) is 16.4. The second-order valence-corrected chi connectivity index (χ2v) is 5.64. The van der Waals surface area contributed by atoms with Crippen molar-refractivity contribution >= 4 is 22.7 Å². The number of anilines is 2. The Morgan fingerprint density at radius 2 is 2.05 bits per heavy atom. The largest absolute Gasteiger partial charge is 0.395 e. The number of para-hydroxylation sites is 1. The van der Waals surface area contributed by atoms with Gasteiger partial charge in [-0.2, -0.15) is 4.98 Å². The molecule has 1 aliphatic carbocycles. The molecule has 0 atom stereocenters. The molecule has 1 aliphatic rings. The molecule has 3 rings (SSSR count). The Labute approximate surface area is 129 Å². The Hall–Kier alpha value is -1.92. The molecule has 0 aliphatic heterocycles. The van der Waals surface area contributed by atoms with Crippen molar-refractivity contribution in [3.8, 4) is 0 Å². The average Bonchev–Trinajstić information content (AvgIpc) is 2.51. The van der Waals surface area contributed by atoms with E-state index in [-0.39, 0.29) is 6.61 Å². The summed E-state index contributed by atoms with van der Waals surface area (Å²) in [6.45, 7) is 1.40. The number of ether oxygens (including phenoxy) is 1. The fraction of sp³-hybridized carbons (Fsp3) is 0.500. The topological polar surface area (TPSA) is 79.3 Å². The maximum absolute atomic E-state index is 9.00. The van der Waals surface area contributed by atoms with Crippen LogP contribution in [0.3, 0.4) is 0 Å². The SMILES string of the molecule is COC1CC(CNc2nc(NCCO)c3ccccc3n2)C1. The molecule has 118 valence electrons. The van der Waals surface area contributed by atoms with Gasteiger partial charge in [0, 0.05) is 25.6 Å². The molecule has 2 aromatic rings. The molecule has 0 spiro atoms. The number of nitrogens with one attached hydrogen (secondary N) is 2. The molecule has 0 radical (unpaired) electrons. The van der Waals surface area contributed by atoms with Crippen molar-refractivity contribution in [1.82, 2.24) is 9.97 Å². The third-order valence-electron chi connectivity index (χ3n) is 4.08. The number of aliphatic hydroxyl groups excluding tert-OH is 1. The maximum Gasteiger partial charge on any atom is 0.225 e. The van der Waals surface area contributed by atoms with Crippen LogP contribution in [0.15, 0.2) is 24.3 Å². The van der Waals surface area contributed by atoms with Crippen LogP contribution in [0.5, 0.6) is 0 Å². The normalized spacial score (nSPS) is 20.6. The molecule has 1 saturated carbocycles. The van der Waals surface area contributed by atoms with Crippen LogP contribution in [0.4, 0.5) is 11.8 Å². The maximum atomic E-state index is 9.00. The minimum Gasteiger partial charge on any atom is -0.395 e. The van der Waals surface area contributed by atoms with Gasteiger partial charge in [0.25, 0.3) is 0 Å². The van der Waals surface area contributed by atoms with Crippen molar-refractivity contribution in [1.29, 1.82) is 0 Å². The van der Waals surface area contributed by atoms with Crippen LogP contribution in [0.2, 0.25) is 0 Å². The summed E-state index contributed by atoms with van der Waals surface area (Å²) in [6, 6.07) is 7.87. The molecule has 1 fully saturated rings. The van der Waals surface area contributed by atoms with Crippen LogP contribution in [0.25, 0.3) is 10.9 Å². The van der Waals surface area contributed by atoms with Crippen LogP contribution >= 0.6 is 0 Å². The van der Waals surface area contributed by atoms with Gasteiger partial charge in [-0.25, -0.2) is 4.98 Å². The fourth-order valence-electron chi connectivity index (χ4n) is 2.73. The van der Waals surface area contributed by atoms with Crippen molar-refractivity contribution in [2.75, 3.05) is 37.4 Å². The summed E-state index contributed by atoms with van der Waals surface area (Å²) in [5.74, 6) is 2.00. The number of methoxy groups -OCH3 is 1. The van der Waals surface area contributed by atoms with E-state index < -0.39 is 0 Å². The first-order chi connectivity index (χ1) is 10.8. The molecule has 0 unspecified atom stereocenters. The summed E-state index contributed by atoms with van der Waals surface area (Å²) in [6.07, 6.45) is 2.59. The molecule has 6 heteroatoms. The number of aromatic nitrogens is 2. The summed E-state index contributed by atoms with van der Waals surface area (Å²) in [4.78, 5) is 9.09. The van der Waals surface area contributed by atoms with Crippen molar-refractivity contribution in [3.05, 3.63) is 24.3 Å². The lowest BCUT2D eigenvalue weighted by Gasteiger charge is -2.34. The molecule has 1 aromatic carbocycles. The van der Waals surface area contributed by atoms with Gasteiger partial charge in [-0.1, -0.05) is 12.1 Å². The molecule has 0 bridgehead atoms. The van der Waals surface area contributed by atoms with Gasteiger partial charge in [0.1, 0.15) is 5.82 Å². The predicted octanol–water partition coefficient (Wildman–Crippen LogP) is 1.87. The standard InChI is InChI=1S/C16H22N4O2/c1-22-12-8-11(9-12)10-18-16-19-14-5-3-2-4-13(14)15(20-16)17-6-7-21/h2-5,11-12,21H,6-10H2,1H3,(H2,17,18,19,20). The lowest BCUT2D eigenvalue weighted by molar-refractivity contribution is 0.00559. The molecule has 0 saturated heterocycles. The van der Waals surface area contributed by atoms with E-state index >= 15 is 0 Å². The third-order valence-corrected chi connectivity index (χ3v) is 4.08. The Morgan fingerprint density at radius 1 is 1.23 bits per heavy atom. The van der Waals surface area contributed by atoms with E-state index in [1.165, 1.54) is 0 Å². The summed E-state index contributed by atoms with van der Waals surface area (Å²) < 4.78 is 5.30. The minimum absolute atomic E-state index is 0.0710. The first kappa shape index (κ1) is 15.0. The summed E-state index contributed by atoms with van der Waals surface area (Å²) in [7, 11) is 1.76. The monoisotopic (exact) mass is 302 g/mol. The second kappa shape index (κ2) is 6.89. The van der Waals surface area contributed by atoms with Gasteiger partial charge >= 0.3 is 0 Å². The van der Waals surface area contributed by atoms with Crippen LogP contribution in [0.1, 0.15) is 12.8 Å². The van der Waals surface area contributed by atoms with Gasteiger partial charge in [0.2, 0.25) is 5.95 Å². The zero-order chi connectivity index (χ0) is 15.4. The first-order valence-corrected chi connectivity index (χ1v) is 7.68. The number of hydrogen-bond acceptors (Lipinski definition) is 6. The first-order valence-electron chi connectivity index (χ1n) is 7.68. The Balaban J connectivity index is 1.72. The third kappa shape index (κ3) is 3.28. The summed E-state index contributed by atoms with van der Waals surface area (Å²) >= 11 is 0. The Morgan fingerprint density at radius 3 is 2.82 bits per heavy atom. The highest BCUT2D eigenvalue weighted by Crippen LogP contribution is 2.29. The van der Waals surface area contributed by atoms with Crippen molar-refractivity contribution in [2.24, 2.45) is 5.92 Å². The van der Waals surface area contributed by atoms with Crippen molar-refractivity contribution in [2.45, 2.75) is 18.9 Å². The Bertz CT molecular complexity index is 629. The molecule has 0 amide bonds. The van der Waals surface area contributed by atoms with Gasteiger partial charge in [-0.05, 0) is 30.9 Å². The smallest absolute Gasteiger partial charge is 0.225 e. The number of benzene rings is 1. The van der Waals surface area contributed by atoms with Crippen LogP contribution in [-0.4, -0.2) is 48.0 Å². The van der Waals surface area contributed by atoms with Gasteiger partial charge < -0.3 is 20.5 Å². The van der Waals surface area contributed by atoms with E-state index in [0.29, 0.717) is 24.5 Å². The zero-order valence-corrected chi connectivity index (χ0v) is 12.7. The number of rotatable bonds is 7. The van der Waals surface area contributed by atoms with E-state index in [4.69, 9.17) is 9.84 Å². The van der Waals surface area contributed by atoms with E-state index in [1.807, 2.05) is 24.3 Å². The molecular weight excluding hydrogens is 280 g/mol.